The van der Waals surface area contributed by atoms with E-state index in [0.29, 0.717) is 50.0 Å². The van der Waals surface area contributed by atoms with E-state index >= 15 is 0 Å². The minimum absolute atomic E-state index is 0.00123. The number of hydrogen-bond donors (Lipinski definition) is 4. The van der Waals surface area contributed by atoms with Crippen molar-refractivity contribution in [1.29, 1.82) is 0 Å². The van der Waals surface area contributed by atoms with Crippen molar-refractivity contribution in [3.05, 3.63) is 51.0 Å². The highest BCUT2D eigenvalue weighted by Gasteiger charge is 2.46. The van der Waals surface area contributed by atoms with Crippen molar-refractivity contribution in [2.24, 2.45) is 11.3 Å². The highest BCUT2D eigenvalue weighted by molar-refractivity contribution is 7.09. The van der Waals surface area contributed by atoms with Gasteiger partial charge in [0.25, 0.3) is 11.8 Å². The molecule has 1 aromatic carbocycles. The van der Waals surface area contributed by atoms with Gasteiger partial charge in [0.1, 0.15) is 24.7 Å². The fourth-order valence-electron chi connectivity index (χ4n) is 8.78. The Kier molecular flexibility index (Phi) is 16.0. The molecular weight excluding hydrogens is 821 g/mol. The average Bonchev–Trinajstić information content (AvgIpc) is 3.92. The summed E-state index contributed by atoms with van der Waals surface area (Å²) >= 11 is 1.71. The molecule has 6 rings (SSSR count). The molecule has 4 aliphatic rings. The van der Waals surface area contributed by atoms with Crippen LogP contribution >= 0.6 is 11.3 Å². The number of carbonyl (C=O) groups excluding carboxylic acids is 7. The number of aryl methyl sites for hydroxylation is 2. The average molecular weight is 881 g/mol. The summed E-state index contributed by atoms with van der Waals surface area (Å²) in [5.74, 6) is -2.53. The third kappa shape index (κ3) is 11.5. The zero-order valence-electron chi connectivity index (χ0n) is 36.1. The van der Waals surface area contributed by atoms with Gasteiger partial charge in [0.2, 0.25) is 29.5 Å². The molecule has 7 amide bonds. The van der Waals surface area contributed by atoms with Crippen LogP contribution in [-0.4, -0.2) is 138 Å². The molecule has 1 unspecified atom stereocenters. The van der Waals surface area contributed by atoms with Crippen LogP contribution in [0.25, 0.3) is 0 Å². The third-order valence-electron chi connectivity index (χ3n) is 12.1. The molecule has 3 aliphatic heterocycles. The Hall–Kier alpha value is -4.62. The quantitative estimate of drug-likeness (QED) is 0.118. The number of likely N-dealkylation sites (tertiary alicyclic amines) is 1. The van der Waals surface area contributed by atoms with Crippen LogP contribution in [0.15, 0.2) is 23.7 Å². The van der Waals surface area contributed by atoms with Gasteiger partial charge in [-0.2, -0.15) is 0 Å². The van der Waals surface area contributed by atoms with Crippen LogP contribution in [0, 0.1) is 18.3 Å². The van der Waals surface area contributed by atoms with Gasteiger partial charge < -0.3 is 34.9 Å². The van der Waals surface area contributed by atoms with Crippen molar-refractivity contribution in [3.63, 3.8) is 0 Å². The van der Waals surface area contributed by atoms with Gasteiger partial charge in [-0.1, -0.05) is 32.9 Å². The lowest BCUT2D eigenvalue weighted by atomic mass is 9.81. The van der Waals surface area contributed by atoms with Crippen molar-refractivity contribution < 1.29 is 52.9 Å². The van der Waals surface area contributed by atoms with Crippen LogP contribution < -0.4 is 16.0 Å². The van der Waals surface area contributed by atoms with Crippen LogP contribution in [0.4, 0.5) is 0 Å². The van der Waals surface area contributed by atoms with E-state index in [1.807, 2.05) is 26.3 Å². The molecule has 1 aliphatic carbocycles. The number of benzene rings is 1. The predicted molar refractivity (Wildman–Crippen MR) is 226 cm³/mol. The summed E-state index contributed by atoms with van der Waals surface area (Å²) in [6.45, 7) is 8.99. The van der Waals surface area contributed by atoms with Gasteiger partial charge in [0.05, 0.1) is 54.9 Å². The number of nitrogens with one attached hydrogen (secondary N) is 3. The Balaban J connectivity index is 0.852. The second-order valence-electron chi connectivity index (χ2n) is 17.7. The number of nitrogens with zero attached hydrogens (tertiary/aromatic N) is 3. The van der Waals surface area contributed by atoms with E-state index in [-0.39, 0.29) is 69.3 Å². The highest BCUT2D eigenvalue weighted by atomic mass is 32.1. The second-order valence-corrected chi connectivity index (χ2v) is 18.6. The summed E-state index contributed by atoms with van der Waals surface area (Å²) in [7, 11) is 0. The lowest BCUT2D eigenvalue weighted by Crippen LogP contribution is -2.58. The van der Waals surface area contributed by atoms with Gasteiger partial charge in [-0.3, -0.25) is 43.8 Å². The summed E-state index contributed by atoms with van der Waals surface area (Å²) < 4.78 is 16.8. The smallest absolute Gasteiger partial charge is 0.262 e. The molecule has 17 nitrogen and oxygen atoms in total. The highest BCUT2D eigenvalue weighted by Crippen LogP contribution is 2.38. The topological polar surface area (TPSA) is 223 Å². The third-order valence-corrected chi connectivity index (χ3v) is 13.2. The van der Waals surface area contributed by atoms with Gasteiger partial charge in [-0.25, -0.2) is 4.98 Å². The van der Waals surface area contributed by atoms with Crippen LogP contribution in [0.2, 0.25) is 0 Å². The first kappa shape index (κ1) is 46.9. The molecule has 0 spiro atoms. The number of β-amino-alcohol motifs (C(OH)–C–C–N with tert-alkyl or cyclic N) is 1. The maximum Gasteiger partial charge on any atom is 0.262 e. The molecule has 0 radical (unpaired) electrons. The Morgan fingerprint density at radius 3 is 2.35 bits per heavy atom. The molecular formula is C44H60N6O11S. The number of aromatic nitrogens is 1. The largest absolute Gasteiger partial charge is 0.391 e. The number of aliphatic hydroxyl groups excluding tert-OH is 1. The van der Waals surface area contributed by atoms with Gasteiger partial charge in [-0.05, 0) is 80.8 Å². The summed E-state index contributed by atoms with van der Waals surface area (Å²) in [6.07, 6.45) is 4.53. The van der Waals surface area contributed by atoms with E-state index in [9.17, 15) is 38.7 Å². The fourth-order valence-corrected chi connectivity index (χ4v) is 9.76. The van der Waals surface area contributed by atoms with Crippen LogP contribution in [0.1, 0.15) is 115 Å². The summed E-state index contributed by atoms with van der Waals surface area (Å²) in [5, 5.41) is 18.6. The standard InChI is InChI=1S/C44H60N6O11S/c1-26-37(62-25-46-26)29-12-10-27(11-13-29)22-45-39(54)33-21-30(51)23-49(33)43(58)38(44(2,3)4)47-35(53)24-61-20-19-60-18-17-59-16-6-8-28-7-5-9-31-36(28)42(57)50(41(31)56)32-14-15-34(52)48-40(32)55/h5,7,9,25,27,29-30,32-33,38,51H,6,8,10-24H2,1-4H3,(H,45,54)(H,47,53)(H,48,52,55)/t27?,29?,30-,32?,33+,38-/m1/s1. The van der Waals surface area contributed by atoms with E-state index in [1.165, 1.54) is 9.78 Å². The van der Waals surface area contributed by atoms with Gasteiger partial charge in [0.15, 0.2) is 0 Å². The Morgan fingerprint density at radius 2 is 1.68 bits per heavy atom. The molecule has 2 aromatic rings. The number of amides is 7. The Labute approximate surface area is 366 Å². The first-order chi connectivity index (χ1) is 29.6. The molecule has 1 saturated carbocycles. The minimum Gasteiger partial charge on any atom is -0.391 e. The molecule has 3 fully saturated rings. The maximum atomic E-state index is 13.9. The number of rotatable bonds is 19. The normalized spacial score (nSPS) is 23.3. The predicted octanol–water partition coefficient (Wildman–Crippen LogP) is 2.42. The summed E-state index contributed by atoms with van der Waals surface area (Å²) in [4.78, 5) is 98.8. The lowest BCUT2D eigenvalue weighted by molar-refractivity contribution is -0.144. The Morgan fingerprint density at radius 1 is 0.968 bits per heavy atom. The monoisotopic (exact) mass is 880 g/mol. The molecule has 4 atom stereocenters. The molecule has 62 heavy (non-hydrogen) atoms. The number of imide groups is 2. The van der Waals surface area contributed by atoms with E-state index in [2.05, 4.69) is 27.9 Å². The molecule has 1 aromatic heterocycles. The zero-order valence-corrected chi connectivity index (χ0v) is 36.9. The number of hydrogen-bond acceptors (Lipinski definition) is 13. The fraction of sp³-hybridized carbons (Fsp3) is 0.636. The number of fused-ring (bicyclic) bond motifs is 1. The van der Waals surface area contributed by atoms with Gasteiger partial charge in [0, 0.05) is 37.4 Å². The minimum atomic E-state index is -1.02. The van der Waals surface area contributed by atoms with Crippen LogP contribution in [0.5, 0.6) is 0 Å². The first-order valence-corrected chi connectivity index (χ1v) is 22.5. The van der Waals surface area contributed by atoms with Crippen molar-refractivity contribution in [2.75, 3.05) is 52.7 Å². The molecule has 4 N–H and O–H groups in total. The van der Waals surface area contributed by atoms with Crippen molar-refractivity contribution in [1.82, 2.24) is 30.7 Å². The number of carbonyl (C=O) groups is 7. The second kappa shape index (κ2) is 21.2. The number of ether oxygens (including phenoxy) is 3. The van der Waals surface area contributed by atoms with Crippen LogP contribution in [0.3, 0.4) is 0 Å². The SMILES string of the molecule is Cc1ncsc1C1CCC(CNC(=O)[C@@H]2C[C@@H](O)CN2C(=O)[C@@H](NC(=O)COCCOCCOCCCc2cccc3c2C(=O)N(C2CCC(=O)NC2=O)C3=O)C(C)(C)C)CC1. The van der Waals surface area contributed by atoms with E-state index < -0.39 is 65.1 Å². The number of aliphatic hydroxyl groups is 1. The number of piperidine rings is 1. The first-order valence-electron chi connectivity index (χ1n) is 21.7. The van der Waals surface area contributed by atoms with E-state index in [0.717, 1.165) is 36.3 Å². The van der Waals surface area contributed by atoms with E-state index in [1.54, 1.807) is 29.5 Å². The van der Waals surface area contributed by atoms with Gasteiger partial charge in [-0.15, -0.1) is 11.3 Å². The van der Waals surface area contributed by atoms with Crippen molar-refractivity contribution in [2.45, 2.75) is 116 Å². The molecule has 338 valence electrons. The molecule has 18 heteroatoms. The molecule has 2 saturated heterocycles. The molecule has 4 heterocycles. The van der Waals surface area contributed by atoms with Crippen molar-refractivity contribution in [3.8, 4) is 0 Å². The van der Waals surface area contributed by atoms with Gasteiger partial charge >= 0.3 is 0 Å². The molecule has 0 bridgehead atoms. The van der Waals surface area contributed by atoms with Crippen LogP contribution in [-0.2, 0) is 44.6 Å². The summed E-state index contributed by atoms with van der Waals surface area (Å²) in [5.41, 5.74) is 3.50. The van der Waals surface area contributed by atoms with E-state index in [4.69, 9.17) is 14.2 Å². The lowest BCUT2D eigenvalue weighted by Gasteiger charge is -2.35. The number of thiazole rings is 1. The Bertz CT molecular complexity index is 1970. The maximum absolute atomic E-state index is 13.9. The van der Waals surface area contributed by atoms with Crippen molar-refractivity contribution >= 4 is 52.7 Å². The summed E-state index contributed by atoms with van der Waals surface area (Å²) in [6, 6.07) is 2.22. The zero-order chi connectivity index (χ0) is 44.6.